The van der Waals surface area contributed by atoms with Crippen LogP contribution in [0.4, 0.5) is 0 Å². The molecule has 0 aromatic rings. The fourth-order valence-electron chi connectivity index (χ4n) is 3.22. The highest BCUT2D eigenvalue weighted by Crippen LogP contribution is 2.36. The van der Waals surface area contributed by atoms with Crippen molar-refractivity contribution < 1.29 is 0 Å². The van der Waals surface area contributed by atoms with Crippen LogP contribution in [0.2, 0.25) is 0 Å². The molecule has 2 rings (SSSR count). The molecular weight excluding hydrogens is 172 g/mol. The molecule has 0 aromatic carbocycles. The lowest BCUT2D eigenvalue weighted by atomic mass is 9.85. The highest BCUT2D eigenvalue weighted by atomic mass is 15.2. The number of nitrogens with two attached hydrogens (primary N) is 1. The molecule has 82 valence electrons. The highest BCUT2D eigenvalue weighted by Gasteiger charge is 2.36. The van der Waals surface area contributed by atoms with Crippen LogP contribution in [0.15, 0.2) is 0 Å². The second-order valence-corrected chi connectivity index (χ2v) is 5.86. The van der Waals surface area contributed by atoms with Crippen LogP contribution < -0.4 is 5.73 Å². The first-order valence-corrected chi connectivity index (χ1v) is 6.09. The van der Waals surface area contributed by atoms with Gasteiger partial charge in [0.05, 0.1) is 0 Å². The van der Waals surface area contributed by atoms with Crippen LogP contribution in [0.3, 0.4) is 0 Å². The topological polar surface area (TPSA) is 29.3 Å². The lowest BCUT2D eigenvalue weighted by Gasteiger charge is -2.35. The van der Waals surface area contributed by atoms with Crippen LogP contribution in [0.25, 0.3) is 0 Å². The molecule has 1 saturated heterocycles. The van der Waals surface area contributed by atoms with E-state index in [1.54, 1.807) is 0 Å². The molecule has 0 unspecified atom stereocenters. The van der Waals surface area contributed by atoms with Crippen molar-refractivity contribution in [2.75, 3.05) is 13.1 Å². The Balaban J connectivity index is 1.94. The van der Waals surface area contributed by atoms with Crippen LogP contribution in [0.1, 0.15) is 46.0 Å². The predicted octanol–water partition coefficient (Wildman–Crippen LogP) is 1.99. The SMILES string of the molecule is CC(C)(N)CN1CC[C@H]2CCCC[C@H]21. The molecular formula is C12H24N2. The van der Waals surface area contributed by atoms with Gasteiger partial charge in [-0.1, -0.05) is 12.8 Å². The fraction of sp³-hybridized carbons (Fsp3) is 1.00. The minimum Gasteiger partial charge on any atom is -0.324 e. The second-order valence-electron chi connectivity index (χ2n) is 5.86. The smallest absolute Gasteiger partial charge is 0.0226 e. The van der Waals surface area contributed by atoms with Crippen molar-refractivity contribution in [1.29, 1.82) is 0 Å². The number of likely N-dealkylation sites (tertiary alicyclic amines) is 1. The first-order chi connectivity index (χ1) is 6.56. The van der Waals surface area contributed by atoms with Crippen molar-refractivity contribution in [2.24, 2.45) is 11.7 Å². The van der Waals surface area contributed by atoms with Crippen LogP contribution in [0.5, 0.6) is 0 Å². The van der Waals surface area contributed by atoms with Crippen molar-refractivity contribution in [3.05, 3.63) is 0 Å². The van der Waals surface area contributed by atoms with Gasteiger partial charge < -0.3 is 5.73 Å². The van der Waals surface area contributed by atoms with Gasteiger partial charge in [0.25, 0.3) is 0 Å². The van der Waals surface area contributed by atoms with E-state index in [2.05, 4.69) is 18.7 Å². The summed E-state index contributed by atoms with van der Waals surface area (Å²) in [5.41, 5.74) is 6.07. The summed E-state index contributed by atoms with van der Waals surface area (Å²) in [5, 5.41) is 0. The van der Waals surface area contributed by atoms with Crippen molar-refractivity contribution >= 4 is 0 Å². The Bertz CT molecular complexity index is 195. The standard InChI is InChI=1S/C12H24N2/c1-12(2,13)9-14-8-7-10-5-3-4-6-11(10)14/h10-11H,3-9,13H2,1-2H3/t10-,11-/m1/s1. The Morgan fingerprint density at radius 3 is 2.64 bits per heavy atom. The molecule has 2 heteroatoms. The van der Waals surface area contributed by atoms with Crippen LogP contribution >= 0.6 is 0 Å². The van der Waals surface area contributed by atoms with Crippen molar-refractivity contribution in [3.63, 3.8) is 0 Å². The molecule has 1 aliphatic heterocycles. The van der Waals surface area contributed by atoms with Gasteiger partial charge in [-0.25, -0.2) is 0 Å². The molecule has 2 aliphatic rings. The van der Waals surface area contributed by atoms with Gasteiger partial charge in [0, 0.05) is 18.1 Å². The van der Waals surface area contributed by atoms with Crippen molar-refractivity contribution in [2.45, 2.75) is 57.5 Å². The maximum Gasteiger partial charge on any atom is 0.0226 e. The van der Waals surface area contributed by atoms with Gasteiger partial charge in [0.15, 0.2) is 0 Å². The van der Waals surface area contributed by atoms with Gasteiger partial charge in [0.2, 0.25) is 0 Å². The maximum atomic E-state index is 6.10. The van der Waals surface area contributed by atoms with Crippen LogP contribution in [-0.2, 0) is 0 Å². The minimum atomic E-state index is -0.0215. The molecule has 1 saturated carbocycles. The Labute approximate surface area is 87.8 Å². The van der Waals surface area contributed by atoms with Crippen molar-refractivity contribution in [3.8, 4) is 0 Å². The van der Waals surface area contributed by atoms with E-state index in [4.69, 9.17) is 5.73 Å². The molecule has 0 aromatic heterocycles. The third kappa shape index (κ3) is 2.29. The third-order valence-corrected chi connectivity index (χ3v) is 3.74. The van der Waals surface area contributed by atoms with E-state index in [-0.39, 0.29) is 5.54 Å². The van der Waals surface area contributed by atoms with Crippen molar-refractivity contribution in [1.82, 2.24) is 4.90 Å². The molecule has 1 heterocycles. The summed E-state index contributed by atoms with van der Waals surface area (Å²) in [6.07, 6.45) is 7.19. The quantitative estimate of drug-likeness (QED) is 0.732. The van der Waals surface area contributed by atoms with E-state index in [0.717, 1.165) is 18.5 Å². The zero-order chi connectivity index (χ0) is 10.2. The maximum absolute atomic E-state index is 6.10. The highest BCUT2D eigenvalue weighted by molar-refractivity contribution is 4.92. The first-order valence-electron chi connectivity index (χ1n) is 6.09. The zero-order valence-electron chi connectivity index (χ0n) is 9.63. The molecule has 2 fully saturated rings. The summed E-state index contributed by atoms with van der Waals surface area (Å²) in [6.45, 7) is 6.65. The first kappa shape index (κ1) is 10.4. The molecule has 0 amide bonds. The zero-order valence-corrected chi connectivity index (χ0v) is 9.63. The molecule has 2 N–H and O–H groups in total. The average molecular weight is 196 g/mol. The Morgan fingerprint density at radius 2 is 1.93 bits per heavy atom. The molecule has 2 atom stereocenters. The Kier molecular flexibility index (Phi) is 2.85. The molecule has 14 heavy (non-hydrogen) atoms. The summed E-state index contributed by atoms with van der Waals surface area (Å²) >= 11 is 0. The minimum absolute atomic E-state index is 0.0215. The summed E-state index contributed by atoms with van der Waals surface area (Å²) < 4.78 is 0. The second kappa shape index (κ2) is 3.82. The Hall–Kier alpha value is -0.0800. The van der Waals surface area contributed by atoms with Gasteiger partial charge in [0.1, 0.15) is 0 Å². The summed E-state index contributed by atoms with van der Waals surface area (Å²) in [4.78, 5) is 2.64. The molecule has 2 nitrogen and oxygen atoms in total. The van der Waals surface area contributed by atoms with E-state index in [1.807, 2.05) is 0 Å². The predicted molar refractivity (Wildman–Crippen MR) is 60.2 cm³/mol. The number of hydrogen-bond donors (Lipinski definition) is 1. The Morgan fingerprint density at radius 1 is 1.21 bits per heavy atom. The third-order valence-electron chi connectivity index (χ3n) is 3.74. The molecule has 0 bridgehead atoms. The molecule has 1 aliphatic carbocycles. The van der Waals surface area contributed by atoms with E-state index < -0.39 is 0 Å². The van der Waals surface area contributed by atoms with E-state index in [0.29, 0.717) is 0 Å². The fourth-order valence-corrected chi connectivity index (χ4v) is 3.22. The summed E-state index contributed by atoms with van der Waals surface area (Å²) in [5.74, 6) is 0.992. The van der Waals surface area contributed by atoms with Gasteiger partial charge in [-0.2, -0.15) is 0 Å². The van der Waals surface area contributed by atoms with E-state index >= 15 is 0 Å². The number of hydrogen-bond acceptors (Lipinski definition) is 2. The van der Waals surface area contributed by atoms with Gasteiger partial charge in [-0.3, -0.25) is 4.90 Å². The van der Waals surface area contributed by atoms with Gasteiger partial charge >= 0.3 is 0 Å². The van der Waals surface area contributed by atoms with E-state index in [9.17, 15) is 0 Å². The lowest BCUT2D eigenvalue weighted by molar-refractivity contribution is 0.157. The van der Waals surface area contributed by atoms with Gasteiger partial charge in [-0.05, 0) is 45.6 Å². The monoisotopic (exact) mass is 196 g/mol. The summed E-state index contributed by atoms with van der Waals surface area (Å²) in [6, 6.07) is 0.867. The number of rotatable bonds is 2. The lowest BCUT2D eigenvalue weighted by Crippen LogP contribution is -2.48. The molecule has 0 spiro atoms. The van der Waals surface area contributed by atoms with Gasteiger partial charge in [-0.15, -0.1) is 0 Å². The normalized spacial score (nSPS) is 34.5. The van der Waals surface area contributed by atoms with Crippen LogP contribution in [-0.4, -0.2) is 29.6 Å². The number of nitrogens with zero attached hydrogens (tertiary/aromatic N) is 1. The summed E-state index contributed by atoms with van der Waals surface area (Å²) in [7, 11) is 0. The molecule has 0 radical (unpaired) electrons. The number of fused-ring (bicyclic) bond motifs is 1. The largest absolute Gasteiger partial charge is 0.324 e. The van der Waals surface area contributed by atoms with Crippen LogP contribution in [0, 0.1) is 5.92 Å². The average Bonchev–Trinajstić information content (AvgIpc) is 2.47. The van der Waals surface area contributed by atoms with E-state index in [1.165, 1.54) is 38.6 Å².